The van der Waals surface area contributed by atoms with Gasteiger partial charge in [-0.2, -0.15) is 0 Å². The molecule has 124 valence electrons. The second-order valence-electron chi connectivity index (χ2n) is 7.50. The van der Waals surface area contributed by atoms with Gasteiger partial charge in [-0.3, -0.25) is 0 Å². The van der Waals surface area contributed by atoms with Crippen LogP contribution in [0.5, 0.6) is 0 Å². The highest BCUT2D eigenvalue weighted by atomic mass is 16.3. The van der Waals surface area contributed by atoms with Gasteiger partial charge in [0.25, 0.3) is 0 Å². The van der Waals surface area contributed by atoms with E-state index in [9.17, 15) is 5.11 Å². The molecule has 0 aromatic heterocycles. The van der Waals surface area contributed by atoms with E-state index >= 15 is 0 Å². The van der Waals surface area contributed by atoms with Crippen LogP contribution in [0.1, 0.15) is 37.3 Å². The van der Waals surface area contributed by atoms with Crippen molar-refractivity contribution in [3.8, 4) is 0 Å². The number of aliphatic hydroxyl groups is 1. The molecule has 1 aliphatic carbocycles. The largest absolute Gasteiger partial charge is 0.510 e. The molecule has 0 radical (unpaired) electrons. The molecule has 2 atom stereocenters. The summed E-state index contributed by atoms with van der Waals surface area (Å²) in [5.74, 6) is 1.07. The Bertz CT molecular complexity index is 648. The quantitative estimate of drug-likeness (QED) is 0.900. The van der Waals surface area contributed by atoms with Gasteiger partial charge in [0.2, 0.25) is 0 Å². The molecule has 0 bridgehead atoms. The summed E-state index contributed by atoms with van der Waals surface area (Å²) in [5, 5.41) is 10.1. The number of nitrogens with two attached hydrogens (primary N) is 1. The Hall–Kier alpha value is -1.68. The fraction of sp³-hybridized carbons (Fsp3) is 0.579. The Balaban J connectivity index is 1.69. The molecule has 2 aliphatic heterocycles. The summed E-state index contributed by atoms with van der Waals surface area (Å²) in [5.41, 5.74) is 11.3. The van der Waals surface area contributed by atoms with E-state index in [0.29, 0.717) is 24.3 Å². The first-order valence-electron chi connectivity index (χ1n) is 8.85. The number of nitrogens with zero attached hydrogens (tertiary/aromatic N) is 2. The van der Waals surface area contributed by atoms with Crippen molar-refractivity contribution in [2.24, 2.45) is 11.7 Å². The molecule has 4 nitrogen and oxygen atoms in total. The number of hydrogen-bond acceptors (Lipinski definition) is 4. The number of anilines is 2. The van der Waals surface area contributed by atoms with E-state index in [-0.39, 0.29) is 6.04 Å². The number of fused-ring (bicyclic) bond motifs is 1. The van der Waals surface area contributed by atoms with Gasteiger partial charge in [-0.1, -0.05) is 6.07 Å². The second kappa shape index (κ2) is 5.45. The molecule has 1 saturated heterocycles. The van der Waals surface area contributed by atoms with Crippen LogP contribution in [0, 0.1) is 12.8 Å². The molecule has 4 rings (SSSR count). The van der Waals surface area contributed by atoms with Crippen molar-refractivity contribution in [1.82, 2.24) is 0 Å². The van der Waals surface area contributed by atoms with Gasteiger partial charge in [0.05, 0.1) is 6.54 Å². The van der Waals surface area contributed by atoms with E-state index in [1.165, 1.54) is 36.2 Å². The molecular weight excluding hydrogens is 286 g/mol. The van der Waals surface area contributed by atoms with E-state index in [2.05, 4.69) is 35.8 Å². The average Bonchev–Trinajstić information content (AvgIpc) is 3.24. The molecule has 3 aliphatic rings. The fourth-order valence-corrected chi connectivity index (χ4v) is 4.16. The minimum atomic E-state index is 0.265. The molecule has 2 heterocycles. The number of aliphatic hydroxyl groups excluding tert-OH is 1. The fourth-order valence-electron chi connectivity index (χ4n) is 4.16. The zero-order valence-electron chi connectivity index (χ0n) is 14.1. The summed E-state index contributed by atoms with van der Waals surface area (Å²) in [6.45, 7) is 7.16. The molecule has 3 N–H and O–H groups in total. The minimum Gasteiger partial charge on any atom is -0.510 e. The molecule has 2 fully saturated rings. The van der Waals surface area contributed by atoms with Gasteiger partial charge >= 0.3 is 0 Å². The maximum atomic E-state index is 10.1. The van der Waals surface area contributed by atoms with Crippen molar-refractivity contribution >= 4 is 17.5 Å². The third-order valence-corrected chi connectivity index (χ3v) is 5.67. The van der Waals surface area contributed by atoms with Gasteiger partial charge in [-0.15, -0.1) is 0 Å². The zero-order valence-corrected chi connectivity index (χ0v) is 14.1. The Morgan fingerprint density at radius 1 is 1.26 bits per heavy atom. The highest BCUT2D eigenvalue weighted by Gasteiger charge is 2.35. The third-order valence-electron chi connectivity index (χ3n) is 5.67. The van der Waals surface area contributed by atoms with Crippen molar-refractivity contribution in [3.63, 3.8) is 0 Å². The molecule has 1 unspecified atom stereocenters. The van der Waals surface area contributed by atoms with Gasteiger partial charge in [-0.05, 0) is 56.7 Å². The van der Waals surface area contributed by atoms with E-state index in [4.69, 9.17) is 5.73 Å². The van der Waals surface area contributed by atoms with Crippen molar-refractivity contribution in [2.75, 3.05) is 29.4 Å². The normalized spacial score (nSPS) is 25.3. The van der Waals surface area contributed by atoms with E-state index in [1.807, 2.05) is 6.08 Å². The molecule has 1 aromatic carbocycles. The van der Waals surface area contributed by atoms with Gasteiger partial charge in [0.15, 0.2) is 0 Å². The van der Waals surface area contributed by atoms with Crippen LogP contribution in [0.15, 0.2) is 17.9 Å². The summed E-state index contributed by atoms with van der Waals surface area (Å²) in [7, 11) is 0. The van der Waals surface area contributed by atoms with Gasteiger partial charge in [0.1, 0.15) is 5.76 Å². The molecule has 0 amide bonds. The molecule has 23 heavy (non-hydrogen) atoms. The van der Waals surface area contributed by atoms with Crippen LogP contribution in [0.2, 0.25) is 0 Å². The van der Waals surface area contributed by atoms with Gasteiger partial charge < -0.3 is 20.6 Å². The topological polar surface area (TPSA) is 52.7 Å². The SMILES string of the molecule is Cc1c(N2CC[C@@H](C(C)N)C2)ccc2c1N(C1CC1)CC(O)=C2. The summed E-state index contributed by atoms with van der Waals surface area (Å²) < 4.78 is 0. The smallest absolute Gasteiger partial charge is 0.112 e. The maximum absolute atomic E-state index is 10.1. The number of hydrogen-bond donors (Lipinski definition) is 2. The summed E-state index contributed by atoms with van der Waals surface area (Å²) in [4.78, 5) is 4.90. The van der Waals surface area contributed by atoms with Crippen LogP contribution < -0.4 is 15.5 Å². The van der Waals surface area contributed by atoms with Gasteiger partial charge in [0, 0.05) is 42.1 Å². The average molecular weight is 313 g/mol. The predicted octanol–water partition coefficient (Wildman–Crippen LogP) is 3.05. The lowest BCUT2D eigenvalue weighted by Crippen LogP contribution is -2.33. The first-order chi connectivity index (χ1) is 11.0. The van der Waals surface area contributed by atoms with Crippen LogP contribution in [-0.2, 0) is 0 Å². The predicted molar refractivity (Wildman–Crippen MR) is 96.1 cm³/mol. The molecule has 1 saturated carbocycles. The van der Waals surface area contributed by atoms with Crippen molar-refractivity contribution < 1.29 is 5.11 Å². The maximum Gasteiger partial charge on any atom is 0.112 e. The number of rotatable bonds is 3. The highest BCUT2D eigenvalue weighted by Crippen LogP contribution is 2.43. The summed E-state index contributed by atoms with van der Waals surface area (Å²) in [6.07, 6.45) is 5.60. The third kappa shape index (κ3) is 2.59. The van der Waals surface area contributed by atoms with Crippen LogP contribution in [-0.4, -0.2) is 36.8 Å². The zero-order chi connectivity index (χ0) is 16.1. The molecule has 0 spiro atoms. The van der Waals surface area contributed by atoms with Crippen LogP contribution in [0.3, 0.4) is 0 Å². The van der Waals surface area contributed by atoms with E-state index in [0.717, 1.165) is 18.7 Å². The van der Waals surface area contributed by atoms with Crippen LogP contribution in [0.25, 0.3) is 6.08 Å². The second-order valence-corrected chi connectivity index (χ2v) is 7.50. The summed E-state index contributed by atoms with van der Waals surface area (Å²) >= 11 is 0. The Morgan fingerprint density at radius 2 is 2.04 bits per heavy atom. The van der Waals surface area contributed by atoms with Crippen molar-refractivity contribution in [3.05, 3.63) is 29.0 Å². The van der Waals surface area contributed by atoms with Crippen molar-refractivity contribution in [1.29, 1.82) is 0 Å². The first-order valence-corrected chi connectivity index (χ1v) is 8.85. The standard InChI is InChI=1S/C19H27N3O/c1-12-18(21-8-7-15(10-21)13(2)20)6-3-14-9-17(23)11-22(19(12)14)16-4-5-16/h3,6,9,13,15-16,23H,4-5,7-8,10-11,20H2,1-2H3/t13?,15-/m1/s1. The lowest BCUT2D eigenvalue weighted by Gasteiger charge is -2.33. The molecule has 4 heteroatoms. The van der Waals surface area contributed by atoms with Gasteiger partial charge in [-0.25, -0.2) is 0 Å². The molecule has 1 aromatic rings. The minimum absolute atomic E-state index is 0.265. The lowest BCUT2D eigenvalue weighted by atomic mass is 9.99. The Morgan fingerprint density at radius 3 is 2.70 bits per heavy atom. The summed E-state index contributed by atoms with van der Waals surface area (Å²) in [6, 6.07) is 5.26. The lowest BCUT2D eigenvalue weighted by molar-refractivity contribution is 0.401. The van der Waals surface area contributed by atoms with E-state index in [1.54, 1.807) is 0 Å². The Labute approximate surface area is 138 Å². The van der Waals surface area contributed by atoms with E-state index < -0.39 is 0 Å². The van der Waals surface area contributed by atoms with Crippen molar-refractivity contribution in [2.45, 2.75) is 45.2 Å². The molecular formula is C19H27N3O. The first kappa shape index (κ1) is 14.9. The van der Waals surface area contributed by atoms with Crippen LogP contribution >= 0.6 is 0 Å². The van der Waals surface area contributed by atoms with Crippen LogP contribution in [0.4, 0.5) is 11.4 Å². The monoisotopic (exact) mass is 313 g/mol. The number of benzene rings is 1. The Kier molecular flexibility index (Phi) is 3.52. The highest BCUT2D eigenvalue weighted by molar-refractivity contribution is 5.81.